The van der Waals surface area contributed by atoms with Crippen LogP contribution in [0.15, 0.2) is 29.6 Å². The van der Waals surface area contributed by atoms with Crippen LogP contribution in [0.25, 0.3) is 10.1 Å². The predicted octanol–water partition coefficient (Wildman–Crippen LogP) is 2.21. The Kier molecular flexibility index (Phi) is 4.43. The molecule has 1 atom stereocenters. The van der Waals surface area contributed by atoms with Crippen LogP contribution in [0.3, 0.4) is 0 Å². The quantitative estimate of drug-likeness (QED) is 0.855. The topological polar surface area (TPSA) is 66.5 Å². The first-order chi connectivity index (χ1) is 11.0. The average Bonchev–Trinajstić information content (AvgIpc) is 3.09. The largest absolute Gasteiger partial charge is 0.351 e. The molecule has 1 aromatic heterocycles. The number of thiophene rings is 1. The number of hydrogen-bond acceptors (Lipinski definition) is 4. The number of hydrogen-bond donors (Lipinski definition) is 1. The van der Waals surface area contributed by atoms with Crippen molar-refractivity contribution in [2.24, 2.45) is 0 Å². The van der Waals surface area contributed by atoms with Gasteiger partial charge in [0.05, 0.1) is 6.04 Å². The average molecular weight is 330 g/mol. The van der Waals surface area contributed by atoms with Gasteiger partial charge in [0.15, 0.2) is 5.78 Å². The van der Waals surface area contributed by atoms with Crippen molar-refractivity contribution in [3.8, 4) is 0 Å². The highest BCUT2D eigenvalue weighted by molar-refractivity contribution is 7.17. The molecule has 3 rings (SSSR count). The van der Waals surface area contributed by atoms with Crippen molar-refractivity contribution in [2.75, 3.05) is 13.6 Å². The fourth-order valence-electron chi connectivity index (χ4n) is 2.82. The zero-order valence-corrected chi connectivity index (χ0v) is 13.7. The van der Waals surface area contributed by atoms with Crippen LogP contribution in [0, 0.1) is 0 Å². The van der Waals surface area contributed by atoms with Crippen LogP contribution in [0.5, 0.6) is 0 Å². The summed E-state index contributed by atoms with van der Waals surface area (Å²) in [6.45, 7) is 0.535. The maximum absolute atomic E-state index is 12.3. The Labute approximate surface area is 138 Å². The second-order valence-corrected chi connectivity index (χ2v) is 6.72. The maximum atomic E-state index is 12.3. The molecular formula is C17H18N2O3S. The van der Waals surface area contributed by atoms with Crippen LogP contribution in [0.4, 0.5) is 0 Å². The lowest BCUT2D eigenvalue weighted by atomic mass is 10.1. The first kappa shape index (κ1) is 15.7. The van der Waals surface area contributed by atoms with Crippen molar-refractivity contribution in [1.29, 1.82) is 0 Å². The van der Waals surface area contributed by atoms with E-state index in [4.69, 9.17) is 0 Å². The number of rotatable bonds is 5. The molecule has 0 bridgehead atoms. The van der Waals surface area contributed by atoms with E-state index in [0.29, 0.717) is 18.5 Å². The van der Waals surface area contributed by atoms with E-state index in [1.807, 2.05) is 29.6 Å². The second-order valence-electron chi connectivity index (χ2n) is 5.81. The third-order valence-corrected chi connectivity index (χ3v) is 5.03. The molecular weight excluding hydrogens is 312 g/mol. The Morgan fingerprint density at radius 3 is 2.83 bits per heavy atom. The van der Waals surface area contributed by atoms with E-state index in [-0.39, 0.29) is 36.5 Å². The van der Waals surface area contributed by atoms with Crippen LogP contribution >= 0.6 is 11.3 Å². The van der Waals surface area contributed by atoms with Gasteiger partial charge in [0.2, 0.25) is 11.8 Å². The van der Waals surface area contributed by atoms with E-state index in [0.717, 1.165) is 10.1 Å². The van der Waals surface area contributed by atoms with Crippen LogP contribution in [-0.4, -0.2) is 42.1 Å². The lowest BCUT2D eigenvalue weighted by molar-refractivity contribution is -0.126. The van der Waals surface area contributed by atoms with E-state index < -0.39 is 0 Å². The predicted molar refractivity (Wildman–Crippen MR) is 89.6 cm³/mol. The highest BCUT2D eigenvalue weighted by Gasteiger charge is 2.27. The summed E-state index contributed by atoms with van der Waals surface area (Å²) >= 11 is 1.54. The van der Waals surface area contributed by atoms with E-state index in [2.05, 4.69) is 5.32 Å². The number of fused-ring (bicyclic) bond motifs is 1. The number of ketones is 1. The van der Waals surface area contributed by atoms with E-state index in [1.165, 1.54) is 11.3 Å². The van der Waals surface area contributed by atoms with Crippen molar-refractivity contribution in [3.63, 3.8) is 0 Å². The van der Waals surface area contributed by atoms with E-state index >= 15 is 0 Å². The van der Waals surface area contributed by atoms with Gasteiger partial charge in [-0.25, -0.2) is 0 Å². The van der Waals surface area contributed by atoms with Gasteiger partial charge >= 0.3 is 0 Å². The zero-order chi connectivity index (χ0) is 16.4. The van der Waals surface area contributed by atoms with Gasteiger partial charge in [-0.05, 0) is 6.07 Å². The van der Waals surface area contributed by atoms with Crippen LogP contribution in [0.1, 0.15) is 29.6 Å². The molecule has 1 fully saturated rings. The second kappa shape index (κ2) is 6.50. The minimum absolute atomic E-state index is 0.0165. The number of nitrogens with one attached hydrogen (secondary N) is 1. The summed E-state index contributed by atoms with van der Waals surface area (Å²) in [5, 5.41) is 5.63. The molecule has 2 heterocycles. The lowest BCUT2D eigenvalue weighted by Crippen LogP contribution is -2.36. The number of carbonyl (C=O) groups is 3. The molecule has 0 radical (unpaired) electrons. The summed E-state index contributed by atoms with van der Waals surface area (Å²) < 4.78 is 1.08. The summed E-state index contributed by atoms with van der Waals surface area (Å²) in [6, 6.07) is 7.63. The standard InChI is InChI=1S/C17H18N2O3S/c1-19-9-11(8-17(19)22)18-16(21)7-6-14(20)13-10-23-15-5-3-2-4-12(13)15/h2-5,10-11H,6-9H2,1H3,(H,18,21)/t11-/m1/s1. The van der Waals surface area contributed by atoms with E-state index in [1.54, 1.807) is 11.9 Å². The zero-order valence-electron chi connectivity index (χ0n) is 12.9. The summed E-state index contributed by atoms with van der Waals surface area (Å²) in [5.41, 5.74) is 0.689. The van der Waals surface area contributed by atoms with Gasteiger partial charge in [0, 0.05) is 53.9 Å². The van der Waals surface area contributed by atoms with Crippen LogP contribution in [-0.2, 0) is 9.59 Å². The molecule has 0 spiro atoms. The first-order valence-corrected chi connectivity index (χ1v) is 8.45. The Morgan fingerprint density at radius 2 is 2.09 bits per heavy atom. The Hall–Kier alpha value is -2.21. The highest BCUT2D eigenvalue weighted by atomic mass is 32.1. The van der Waals surface area contributed by atoms with Crippen molar-refractivity contribution in [2.45, 2.75) is 25.3 Å². The smallest absolute Gasteiger partial charge is 0.224 e. The molecule has 2 aromatic rings. The third kappa shape index (κ3) is 3.42. The minimum atomic E-state index is -0.175. The minimum Gasteiger partial charge on any atom is -0.351 e. The number of likely N-dealkylation sites (tertiary alicyclic amines) is 1. The molecule has 0 unspecified atom stereocenters. The molecule has 2 amide bonds. The van der Waals surface area contributed by atoms with Gasteiger partial charge in [-0.3, -0.25) is 14.4 Å². The fraction of sp³-hybridized carbons (Fsp3) is 0.353. The van der Waals surface area contributed by atoms with Crippen LogP contribution in [0.2, 0.25) is 0 Å². The maximum Gasteiger partial charge on any atom is 0.224 e. The fourth-order valence-corrected chi connectivity index (χ4v) is 3.78. The number of nitrogens with zero attached hydrogens (tertiary/aromatic N) is 1. The Balaban J connectivity index is 1.55. The Morgan fingerprint density at radius 1 is 1.30 bits per heavy atom. The summed E-state index contributed by atoms with van der Waals surface area (Å²) in [6.07, 6.45) is 0.672. The summed E-state index contributed by atoms with van der Waals surface area (Å²) in [5.74, 6) is -0.153. The molecule has 0 aliphatic carbocycles. The number of amides is 2. The SMILES string of the molecule is CN1C[C@H](NC(=O)CCC(=O)c2csc3ccccc23)CC1=O. The number of carbonyl (C=O) groups excluding carboxylic acids is 3. The van der Waals surface area contributed by atoms with Gasteiger partial charge in [-0.2, -0.15) is 0 Å². The third-order valence-electron chi connectivity index (χ3n) is 4.07. The van der Waals surface area contributed by atoms with Crippen molar-refractivity contribution >= 4 is 39.0 Å². The van der Waals surface area contributed by atoms with Crippen LogP contribution < -0.4 is 5.32 Å². The molecule has 23 heavy (non-hydrogen) atoms. The van der Waals surface area contributed by atoms with E-state index in [9.17, 15) is 14.4 Å². The van der Waals surface area contributed by atoms with Gasteiger partial charge in [-0.1, -0.05) is 18.2 Å². The molecule has 120 valence electrons. The molecule has 1 N–H and O–H groups in total. The number of Topliss-reactive ketones (excluding diaryl/α,β-unsaturated/α-hetero) is 1. The first-order valence-electron chi connectivity index (χ1n) is 7.57. The number of benzene rings is 1. The van der Waals surface area contributed by atoms with Gasteiger partial charge < -0.3 is 10.2 Å². The monoisotopic (exact) mass is 330 g/mol. The normalized spacial score (nSPS) is 17.7. The van der Waals surface area contributed by atoms with Crippen molar-refractivity contribution in [3.05, 3.63) is 35.2 Å². The molecule has 1 aliphatic rings. The van der Waals surface area contributed by atoms with Gasteiger partial charge in [0.1, 0.15) is 0 Å². The number of likely N-dealkylation sites (N-methyl/N-ethyl adjacent to an activating group) is 1. The van der Waals surface area contributed by atoms with Gasteiger partial charge in [-0.15, -0.1) is 11.3 Å². The lowest BCUT2D eigenvalue weighted by Gasteiger charge is -2.12. The Bertz CT molecular complexity index is 768. The molecule has 6 heteroatoms. The molecule has 1 aromatic carbocycles. The summed E-state index contributed by atoms with van der Waals surface area (Å²) in [4.78, 5) is 37.3. The molecule has 1 aliphatic heterocycles. The summed E-state index contributed by atoms with van der Waals surface area (Å²) in [7, 11) is 1.72. The molecule has 0 saturated carbocycles. The molecule has 5 nitrogen and oxygen atoms in total. The van der Waals surface area contributed by atoms with Crippen molar-refractivity contribution < 1.29 is 14.4 Å². The highest BCUT2D eigenvalue weighted by Crippen LogP contribution is 2.26. The van der Waals surface area contributed by atoms with Crippen molar-refractivity contribution in [1.82, 2.24) is 10.2 Å². The van der Waals surface area contributed by atoms with Gasteiger partial charge in [0.25, 0.3) is 0 Å². The molecule has 1 saturated heterocycles.